The third-order valence-electron chi connectivity index (χ3n) is 2.50. The summed E-state index contributed by atoms with van der Waals surface area (Å²) in [4.78, 5) is 1.72. The highest BCUT2D eigenvalue weighted by Gasteiger charge is 2.03. The van der Waals surface area contributed by atoms with Crippen LogP contribution < -0.4 is 5.32 Å². The summed E-state index contributed by atoms with van der Waals surface area (Å²) in [5.41, 5.74) is 1.51. The van der Waals surface area contributed by atoms with E-state index in [0.717, 1.165) is 10.6 Å². The molecule has 1 N–H and O–H groups in total. The molecule has 90 valence electrons. The van der Waals surface area contributed by atoms with Crippen molar-refractivity contribution < 1.29 is 0 Å². The lowest BCUT2D eigenvalue weighted by atomic mass is 10.1. The summed E-state index contributed by atoms with van der Waals surface area (Å²) in [6, 6.07) is 14.8. The molecule has 0 bridgehead atoms. The fourth-order valence-electron chi connectivity index (χ4n) is 1.57. The Labute approximate surface area is 114 Å². The third kappa shape index (κ3) is 2.90. The van der Waals surface area contributed by atoms with Crippen molar-refractivity contribution in [3.8, 4) is 18.2 Å². The Hall–Kier alpha value is -2.81. The maximum atomic E-state index is 8.93. The standard InChI is InChI=1S/C14H8N4S/c15-6-10-1-2-12(5-11(10)7-16)18-9-14-4-3-13(8-17)19-14/h1-5,18H,9H2. The fraction of sp³-hybridized carbons (Fsp3) is 0.0714. The monoisotopic (exact) mass is 264 g/mol. The molecule has 5 heteroatoms. The van der Waals surface area contributed by atoms with Crippen LogP contribution in [-0.4, -0.2) is 0 Å². The second kappa shape index (κ2) is 5.69. The van der Waals surface area contributed by atoms with Gasteiger partial charge in [0, 0.05) is 17.1 Å². The highest BCUT2D eigenvalue weighted by molar-refractivity contribution is 7.12. The summed E-state index contributed by atoms with van der Waals surface area (Å²) >= 11 is 1.43. The molecule has 0 amide bonds. The van der Waals surface area contributed by atoms with Crippen LogP contribution in [0.15, 0.2) is 30.3 Å². The highest BCUT2D eigenvalue weighted by atomic mass is 32.1. The molecule has 0 spiro atoms. The molecule has 1 aromatic carbocycles. The lowest BCUT2D eigenvalue weighted by molar-refractivity contribution is 1.19. The summed E-state index contributed by atoms with van der Waals surface area (Å²) in [5.74, 6) is 0. The SMILES string of the molecule is N#Cc1ccc(CNc2ccc(C#N)c(C#N)c2)s1. The van der Waals surface area contributed by atoms with Gasteiger partial charge in [-0.05, 0) is 30.3 Å². The first-order valence-electron chi connectivity index (χ1n) is 5.43. The number of nitrogens with zero attached hydrogens (tertiary/aromatic N) is 3. The van der Waals surface area contributed by atoms with Gasteiger partial charge >= 0.3 is 0 Å². The number of thiophene rings is 1. The van der Waals surface area contributed by atoms with E-state index in [1.165, 1.54) is 11.3 Å². The minimum absolute atomic E-state index is 0.358. The Bertz CT molecular complexity index is 725. The third-order valence-corrected chi connectivity index (χ3v) is 3.49. The second-order valence-corrected chi connectivity index (χ2v) is 4.88. The molecule has 0 radical (unpaired) electrons. The van der Waals surface area contributed by atoms with Crippen LogP contribution in [0, 0.1) is 34.0 Å². The smallest absolute Gasteiger partial charge is 0.110 e. The van der Waals surface area contributed by atoms with Crippen molar-refractivity contribution >= 4 is 17.0 Å². The van der Waals surface area contributed by atoms with Crippen LogP contribution in [0.3, 0.4) is 0 Å². The minimum Gasteiger partial charge on any atom is -0.380 e. The second-order valence-electron chi connectivity index (χ2n) is 3.72. The van der Waals surface area contributed by atoms with Crippen LogP contribution in [0.1, 0.15) is 20.9 Å². The van der Waals surface area contributed by atoms with Gasteiger partial charge in [-0.15, -0.1) is 11.3 Å². The van der Waals surface area contributed by atoms with Crippen LogP contribution in [0.25, 0.3) is 0 Å². The Morgan fingerprint density at radius 3 is 2.37 bits per heavy atom. The van der Waals surface area contributed by atoms with Gasteiger partial charge in [-0.3, -0.25) is 0 Å². The van der Waals surface area contributed by atoms with Crippen molar-refractivity contribution in [1.82, 2.24) is 0 Å². The number of hydrogen-bond donors (Lipinski definition) is 1. The molecular formula is C14H8N4S. The van der Waals surface area contributed by atoms with Gasteiger partial charge < -0.3 is 5.32 Å². The molecule has 0 atom stereocenters. The predicted octanol–water partition coefficient (Wildman–Crippen LogP) is 2.98. The zero-order valence-electron chi connectivity index (χ0n) is 9.84. The average molecular weight is 264 g/mol. The van der Waals surface area contributed by atoms with E-state index in [9.17, 15) is 0 Å². The largest absolute Gasteiger partial charge is 0.380 e. The highest BCUT2D eigenvalue weighted by Crippen LogP contribution is 2.19. The van der Waals surface area contributed by atoms with Gasteiger partial charge in [0.2, 0.25) is 0 Å². The number of hydrogen-bond acceptors (Lipinski definition) is 5. The molecule has 0 saturated carbocycles. The number of nitriles is 3. The summed E-state index contributed by atoms with van der Waals surface area (Å²) < 4.78 is 0. The molecule has 0 fully saturated rings. The van der Waals surface area contributed by atoms with Crippen LogP contribution in [-0.2, 0) is 6.54 Å². The molecule has 2 aromatic rings. The molecular weight excluding hydrogens is 256 g/mol. The summed E-state index contributed by atoms with van der Waals surface area (Å²) in [6.07, 6.45) is 0. The maximum Gasteiger partial charge on any atom is 0.110 e. The van der Waals surface area contributed by atoms with E-state index in [2.05, 4.69) is 11.4 Å². The van der Waals surface area contributed by atoms with Gasteiger partial charge in [-0.25, -0.2) is 0 Å². The van der Waals surface area contributed by atoms with E-state index in [1.54, 1.807) is 24.3 Å². The van der Waals surface area contributed by atoms with Crippen LogP contribution in [0.2, 0.25) is 0 Å². The van der Waals surface area contributed by atoms with E-state index in [-0.39, 0.29) is 0 Å². The molecule has 1 aromatic heterocycles. The lowest BCUT2D eigenvalue weighted by Crippen LogP contribution is -1.98. The van der Waals surface area contributed by atoms with E-state index < -0.39 is 0 Å². The first kappa shape index (κ1) is 12.6. The van der Waals surface area contributed by atoms with E-state index in [0.29, 0.717) is 22.5 Å². The van der Waals surface area contributed by atoms with Crippen molar-refractivity contribution in [2.45, 2.75) is 6.54 Å². The molecule has 0 aliphatic carbocycles. The minimum atomic E-state index is 0.358. The fourth-order valence-corrected chi connectivity index (χ4v) is 2.31. The Morgan fingerprint density at radius 2 is 1.74 bits per heavy atom. The molecule has 19 heavy (non-hydrogen) atoms. The van der Waals surface area contributed by atoms with Crippen LogP contribution in [0.5, 0.6) is 0 Å². The first-order chi connectivity index (χ1) is 9.26. The molecule has 0 aliphatic heterocycles. The molecule has 0 aliphatic rings. The number of rotatable bonds is 3. The maximum absolute atomic E-state index is 8.93. The lowest BCUT2D eigenvalue weighted by Gasteiger charge is -2.05. The first-order valence-corrected chi connectivity index (χ1v) is 6.25. The van der Waals surface area contributed by atoms with Gasteiger partial charge in [-0.1, -0.05) is 0 Å². The molecule has 2 rings (SSSR count). The zero-order valence-corrected chi connectivity index (χ0v) is 10.7. The van der Waals surface area contributed by atoms with Gasteiger partial charge in [0.05, 0.1) is 11.1 Å². The van der Waals surface area contributed by atoms with Crippen molar-refractivity contribution in [3.63, 3.8) is 0 Å². The van der Waals surface area contributed by atoms with Gasteiger partial charge in [0.25, 0.3) is 0 Å². The molecule has 0 unspecified atom stereocenters. The Morgan fingerprint density at radius 1 is 0.947 bits per heavy atom. The van der Waals surface area contributed by atoms with Crippen molar-refractivity contribution in [3.05, 3.63) is 51.2 Å². The number of benzene rings is 1. The average Bonchev–Trinajstić information content (AvgIpc) is 2.92. The summed E-state index contributed by atoms with van der Waals surface area (Å²) in [5, 5.41) is 29.7. The molecule has 4 nitrogen and oxygen atoms in total. The van der Waals surface area contributed by atoms with Gasteiger partial charge in [0.1, 0.15) is 23.1 Å². The number of nitrogens with one attached hydrogen (secondary N) is 1. The molecule has 0 saturated heterocycles. The normalized spacial score (nSPS) is 9.11. The van der Waals surface area contributed by atoms with Gasteiger partial charge in [-0.2, -0.15) is 15.8 Å². The Balaban J connectivity index is 2.11. The summed E-state index contributed by atoms with van der Waals surface area (Å²) in [6.45, 7) is 0.586. The zero-order chi connectivity index (χ0) is 13.7. The quantitative estimate of drug-likeness (QED) is 0.923. The van der Waals surface area contributed by atoms with E-state index in [1.807, 2.05) is 18.2 Å². The molecule has 1 heterocycles. The summed E-state index contributed by atoms with van der Waals surface area (Å²) in [7, 11) is 0. The van der Waals surface area contributed by atoms with E-state index >= 15 is 0 Å². The van der Waals surface area contributed by atoms with Crippen molar-refractivity contribution in [2.75, 3.05) is 5.32 Å². The predicted molar refractivity (Wildman–Crippen MR) is 72.2 cm³/mol. The Kier molecular flexibility index (Phi) is 3.78. The van der Waals surface area contributed by atoms with Gasteiger partial charge in [0.15, 0.2) is 0 Å². The van der Waals surface area contributed by atoms with Crippen molar-refractivity contribution in [1.29, 1.82) is 15.8 Å². The van der Waals surface area contributed by atoms with E-state index in [4.69, 9.17) is 15.8 Å². The van der Waals surface area contributed by atoms with Crippen molar-refractivity contribution in [2.24, 2.45) is 0 Å². The van der Waals surface area contributed by atoms with Crippen LogP contribution >= 0.6 is 11.3 Å². The number of anilines is 1. The van der Waals surface area contributed by atoms with Crippen LogP contribution in [0.4, 0.5) is 5.69 Å². The topological polar surface area (TPSA) is 83.4 Å².